The number of nitrogens with one attached hydrogen (secondary N) is 1. The maximum atomic E-state index is 13.2. The predicted molar refractivity (Wildman–Crippen MR) is 125 cm³/mol. The summed E-state index contributed by atoms with van der Waals surface area (Å²) in [6.45, 7) is 0.645. The summed E-state index contributed by atoms with van der Waals surface area (Å²) in [5.41, 5.74) is 6.66. The van der Waals surface area contributed by atoms with Crippen molar-refractivity contribution < 1.29 is 18.0 Å². The molecule has 0 spiro atoms. The molecule has 11 heteroatoms. The number of nitrogens with two attached hydrogens (primary N) is 1. The Kier molecular flexibility index (Phi) is 5.75. The van der Waals surface area contributed by atoms with Crippen LogP contribution in [-0.4, -0.2) is 42.9 Å². The molecule has 0 bridgehead atoms. The highest BCUT2D eigenvalue weighted by atomic mass is 19.4. The Morgan fingerprint density at radius 3 is 2.77 bits per heavy atom. The second-order valence-corrected chi connectivity index (χ2v) is 8.41. The summed E-state index contributed by atoms with van der Waals surface area (Å²) in [5, 5.41) is 2.84. The third-order valence-electron chi connectivity index (χ3n) is 6.05. The molecule has 35 heavy (non-hydrogen) atoms. The zero-order valence-electron chi connectivity index (χ0n) is 18.5. The number of nitrogens with zero attached hydrogens (tertiary/aromatic N) is 5. The fourth-order valence-electron chi connectivity index (χ4n) is 4.34. The molecule has 0 aromatic carbocycles. The van der Waals surface area contributed by atoms with E-state index in [1.807, 2.05) is 18.2 Å². The van der Waals surface area contributed by atoms with E-state index in [4.69, 9.17) is 5.73 Å². The van der Waals surface area contributed by atoms with Gasteiger partial charge in [0, 0.05) is 54.4 Å². The average Bonchev–Trinajstić information content (AvgIpc) is 3.45. The van der Waals surface area contributed by atoms with Crippen molar-refractivity contribution >= 4 is 23.3 Å². The van der Waals surface area contributed by atoms with Crippen LogP contribution in [0, 0.1) is 0 Å². The average molecular weight is 481 g/mol. The van der Waals surface area contributed by atoms with E-state index in [1.165, 1.54) is 6.20 Å². The number of alkyl halides is 3. The van der Waals surface area contributed by atoms with Crippen LogP contribution in [0.3, 0.4) is 0 Å². The Hall–Kier alpha value is -4.15. The van der Waals surface area contributed by atoms with Gasteiger partial charge in [0.2, 0.25) is 0 Å². The molecule has 0 radical (unpaired) electrons. The minimum absolute atomic E-state index is 0.0504. The van der Waals surface area contributed by atoms with Crippen molar-refractivity contribution in [3.63, 3.8) is 0 Å². The molecular weight excluding hydrogens is 459 g/mol. The Morgan fingerprint density at radius 2 is 2.00 bits per heavy atom. The van der Waals surface area contributed by atoms with Crippen LogP contribution in [0.5, 0.6) is 0 Å². The fourth-order valence-corrected chi connectivity index (χ4v) is 4.34. The monoisotopic (exact) mass is 481 g/mol. The van der Waals surface area contributed by atoms with Gasteiger partial charge in [0.25, 0.3) is 0 Å². The van der Waals surface area contributed by atoms with E-state index in [2.05, 4.69) is 20.3 Å². The van der Waals surface area contributed by atoms with Crippen molar-refractivity contribution in [2.75, 3.05) is 17.6 Å². The maximum Gasteiger partial charge on any atom is 0.419 e. The molecule has 180 valence electrons. The normalized spacial score (nSPS) is 16.1. The molecule has 4 aromatic rings. The molecule has 0 aliphatic carbocycles. The predicted octanol–water partition coefficient (Wildman–Crippen LogP) is 4.63. The topological polar surface area (TPSA) is 101 Å². The number of hydrogen-bond donors (Lipinski definition) is 2. The van der Waals surface area contributed by atoms with Gasteiger partial charge in [-0.05, 0) is 43.2 Å². The molecule has 5 heterocycles. The number of rotatable bonds is 4. The molecule has 4 aromatic heterocycles. The third kappa shape index (κ3) is 4.75. The highest BCUT2D eigenvalue weighted by Gasteiger charge is 2.34. The third-order valence-corrected chi connectivity index (χ3v) is 6.05. The quantitative estimate of drug-likeness (QED) is 0.443. The highest BCUT2D eigenvalue weighted by molar-refractivity contribution is 5.89. The van der Waals surface area contributed by atoms with Gasteiger partial charge in [-0.15, -0.1) is 0 Å². The molecule has 8 nitrogen and oxygen atoms in total. The second kappa shape index (κ2) is 8.90. The lowest BCUT2D eigenvalue weighted by molar-refractivity contribution is -0.137. The summed E-state index contributed by atoms with van der Waals surface area (Å²) in [5.74, 6) is -0.222. The van der Waals surface area contributed by atoms with Gasteiger partial charge in [0.05, 0.1) is 11.8 Å². The molecule has 0 saturated carbocycles. The molecule has 5 rings (SSSR count). The molecule has 3 N–H and O–H groups in total. The Bertz CT molecular complexity index is 1370. The first-order valence-electron chi connectivity index (χ1n) is 11.1. The number of hydrogen-bond acceptors (Lipinski definition) is 5. The summed E-state index contributed by atoms with van der Waals surface area (Å²) < 4.78 is 41.3. The van der Waals surface area contributed by atoms with Gasteiger partial charge in [-0.25, -0.2) is 14.8 Å². The van der Waals surface area contributed by atoms with Gasteiger partial charge in [-0.2, -0.15) is 13.2 Å². The minimum Gasteiger partial charge on any atom is -0.383 e. The van der Waals surface area contributed by atoms with Crippen LogP contribution in [0.1, 0.15) is 24.1 Å². The van der Waals surface area contributed by atoms with Gasteiger partial charge in [0.1, 0.15) is 11.5 Å². The molecule has 1 unspecified atom stereocenters. The van der Waals surface area contributed by atoms with Gasteiger partial charge in [0.15, 0.2) is 5.82 Å². The summed E-state index contributed by atoms with van der Waals surface area (Å²) in [4.78, 5) is 27.2. The number of amides is 2. The number of carbonyl (C=O) groups excluding carboxylic acids is 1. The smallest absolute Gasteiger partial charge is 0.383 e. The lowest BCUT2D eigenvalue weighted by Gasteiger charge is -2.24. The highest BCUT2D eigenvalue weighted by Crippen LogP contribution is 2.35. The summed E-state index contributed by atoms with van der Waals surface area (Å²) in [7, 11) is 0. The lowest BCUT2D eigenvalue weighted by Crippen LogP contribution is -2.40. The van der Waals surface area contributed by atoms with Crippen LogP contribution in [0.25, 0.3) is 16.8 Å². The number of anilines is 2. The fraction of sp³-hybridized carbons (Fsp3) is 0.250. The van der Waals surface area contributed by atoms with E-state index < -0.39 is 17.6 Å². The standard InChI is InChI=1S/C24H22F3N7O/c25-24(26,27)19-10-16(12-30-22(19)28)15-6-7-21-31-20(14-33(21)13-15)32-23(35)34-9-3-5-18(34)11-17-4-1-2-8-29-17/h1-2,4,6-8,10,12-14,18H,3,5,9,11H2,(H2,28,30)(H,32,35). The van der Waals surface area contributed by atoms with Gasteiger partial charge in [-0.3, -0.25) is 10.3 Å². The number of halogens is 3. The number of likely N-dealkylation sites (tertiary alicyclic amines) is 1. The summed E-state index contributed by atoms with van der Waals surface area (Å²) in [6, 6.07) is 9.81. The second-order valence-electron chi connectivity index (χ2n) is 8.41. The molecular formula is C24H22F3N7O. The molecule has 2 amide bonds. The number of imidazole rings is 1. The van der Waals surface area contributed by atoms with Crippen LogP contribution in [0.15, 0.2) is 61.2 Å². The summed E-state index contributed by atoms with van der Waals surface area (Å²) in [6.07, 6.45) is 4.17. The molecule has 1 aliphatic heterocycles. The first kappa shape index (κ1) is 22.6. The first-order valence-corrected chi connectivity index (χ1v) is 11.1. The van der Waals surface area contributed by atoms with Crippen molar-refractivity contribution in [3.8, 4) is 11.1 Å². The van der Waals surface area contributed by atoms with Gasteiger partial charge in [-0.1, -0.05) is 6.07 Å². The number of carbonyl (C=O) groups is 1. The van der Waals surface area contributed by atoms with E-state index in [0.717, 1.165) is 24.6 Å². The summed E-state index contributed by atoms with van der Waals surface area (Å²) >= 11 is 0. The largest absolute Gasteiger partial charge is 0.419 e. The van der Waals surface area contributed by atoms with Crippen LogP contribution in [-0.2, 0) is 12.6 Å². The first-order chi connectivity index (χ1) is 16.8. The van der Waals surface area contributed by atoms with Crippen molar-refractivity contribution in [2.24, 2.45) is 0 Å². The van der Waals surface area contributed by atoms with Gasteiger partial charge < -0.3 is 15.0 Å². The Balaban J connectivity index is 1.34. The van der Waals surface area contributed by atoms with E-state index in [9.17, 15) is 18.0 Å². The molecule has 1 fully saturated rings. The van der Waals surface area contributed by atoms with Crippen LogP contribution in [0.2, 0.25) is 0 Å². The SMILES string of the molecule is Nc1ncc(-c2ccc3nc(NC(=O)N4CCCC4Cc4ccccn4)cn3c2)cc1C(F)(F)F. The zero-order chi connectivity index (χ0) is 24.6. The van der Waals surface area contributed by atoms with Crippen molar-refractivity contribution in [2.45, 2.75) is 31.5 Å². The minimum atomic E-state index is -4.60. The van der Waals surface area contributed by atoms with Crippen LogP contribution < -0.4 is 11.1 Å². The molecule has 1 saturated heterocycles. The number of urea groups is 1. The number of nitrogen functional groups attached to an aromatic ring is 1. The van der Waals surface area contributed by atoms with Crippen molar-refractivity contribution in [1.82, 2.24) is 24.3 Å². The van der Waals surface area contributed by atoms with Crippen LogP contribution >= 0.6 is 0 Å². The van der Waals surface area contributed by atoms with Gasteiger partial charge >= 0.3 is 12.2 Å². The maximum absolute atomic E-state index is 13.2. The number of aromatic nitrogens is 4. The Morgan fingerprint density at radius 1 is 1.14 bits per heavy atom. The zero-order valence-corrected chi connectivity index (χ0v) is 18.5. The lowest BCUT2D eigenvalue weighted by atomic mass is 10.1. The van der Waals surface area contributed by atoms with E-state index in [0.29, 0.717) is 30.0 Å². The van der Waals surface area contributed by atoms with E-state index in [1.54, 1.807) is 40.0 Å². The number of pyridine rings is 3. The van der Waals surface area contributed by atoms with Crippen LogP contribution in [0.4, 0.5) is 29.6 Å². The molecule has 1 aliphatic rings. The van der Waals surface area contributed by atoms with E-state index >= 15 is 0 Å². The number of fused-ring (bicyclic) bond motifs is 1. The van der Waals surface area contributed by atoms with Crippen molar-refractivity contribution in [1.29, 1.82) is 0 Å². The molecule has 1 atom stereocenters. The Labute approximate surface area is 198 Å². The van der Waals surface area contributed by atoms with E-state index in [-0.39, 0.29) is 17.6 Å². The van der Waals surface area contributed by atoms with Crippen molar-refractivity contribution in [3.05, 3.63) is 72.4 Å².